The van der Waals surface area contributed by atoms with E-state index in [4.69, 9.17) is 0 Å². The molecule has 0 fully saturated rings. The highest BCUT2D eigenvalue weighted by Crippen LogP contribution is 2.40. The van der Waals surface area contributed by atoms with Crippen LogP contribution in [-0.4, -0.2) is 20.9 Å². The molecule has 5 heteroatoms. The van der Waals surface area contributed by atoms with Crippen LogP contribution >= 0.6 is 0 Å². The molecule has 0 atom stereocenters. The van der Waals surface area contributed by atoms with Gasteiger partial charge in [-0.25, -0.2) is 0 Å². The van der Waals surface area contributed by atoms with E-state index >= 15 is 0 Å². The molecule has 2 aromatic heterocycles. The van der Waals surface area contributed by atoms with Gasteiger partial charge in [-0.1, -0.05) is 36.4 Å². The lowest BCUT2D eigenvalue weighted by Gasteiger charge is -2.14. The molecule has 4 heterocycles. The molecular formula is C24H19N3O2. The fraction of sp³-hybridized carbons (Fsp3) is 0.167. The summed E-state index contributed by atoms with van der Waals surface area (Å²) in [7, 11) is 1.96. The van der Waals surface area contributed by atoms with Crippen molar-refractivity contribution in [3.63, 3.8) is 0 Å². The van der Waals surface area contributed by atoms with E-state index in [0.29, 0.717) is 11.1 Å². The summed E-state index contributed by atoms with van der Waals surface area (Å²) in [4.78, 5) is 25.9. The molecular weight excluding hydrogens is 362 g/mol. The maximum absolute atomic E-state index is 12.9. The van der Waals surface area contributed by atoms with Crippen molar-refractivity contribution in [2.24, 2.45) is 7.05 Å². The highest BCUT2D eigenvalue weighted by Gasteiger charge is 2.35. The van der Waals surface area contributed by atoms with Crippen LogP contribution in [0.25, 0.3) is 33.0 Å². The SMILES string of the molecule is Cn1cc(C2=C(c3cn4c5c(cccc35)CCC4)C(=O)NC2=O)c2ccccc21. The van der Waals surface area contributed by atoms with Crippen LogP contribution in [0.3, 0.4) is 0 Å². The Morgan fingerprint density at radius 3 is 2.41 bits per heavy atom. The van der Waals surface area contributed by atoms with Crippen LogP contribution in [0.4, 0.5) is 0 Å². The van der Waals surface area contributed by atoms with Crippen molar-refractivity contribution in [3.8, 4) is 0 Å². The van der Waals surface area contributed by atoms with Crippen molar-refractivity contribution in [1.29, 1.82) is 0 Å². The molecule has 2 amide bonds. The van der Waals surface area contributed by atoms with Crippen LogP contribution in [-0.2, 0) is 29.6 Å². The maximum Gasteiger partial charge on any atom is 0.259 e. The molecule has 0 saturated heterocycles. The summed E-state index contributed by atoms with van der Waals surface area (Å²) in [5, 5.41) is 4.55. The van der Waals surface area contributed by atoms with Crippen molar-refractivity contribution >= 4 is 44.8 Å². The van der Waals surface area contributed by atoms with Crippen LogP contribution in [0, 0.1) is 0 Å². The Labute approximate surface area is 167 Å². The first-order valence-corrected chi connectivity index (χ1v) is 9.89. The van der Waals surface area contributed by atoms with Gasteiger partial charge < -0.3 is 9.13 Å². The number of imide groups is 1. The van der Waals surface area contributed by atoms with E-state index in [0.717, 1.165) is 46.8 Å². The van der Waals surface area contributed by atoms with Gasteiger partial charge in [0, 0.05) is 53.4 Å². The molecule has 6 rings (SSSR count). The second-order valence-electron chi connectivity index (χ2n) is 7.86. The number of rotatable bonds is 2. The predicted molar refractivity (Wildman–Crippen MR) is 113 cm³/mol. The maximum atomic E-state index is 12.9. The number of hydrogen-bond acceptors (Lipinski definition) is 2. The van der Waals surface area contributed by atoms with E-state index in [1.54, 1.807) is 0 Å². The number of nitrogens with one attached hydrogen (secondary N) is 1. The first-order chi connectivity index (χ1) is 14.1. The molecule has 142 valence electrons. The van der Waals surface area contributed by atoms with E-state index in [2.05, 4.69) is 22.0 Å². The Kier molecular flexibility index (Phi) is 3.22. The molecule has 0 unspecified atom stereocenters. The minimum Gasteiger partial charge on any atom is -0.350 e. The van der Waals surface area contributed by atoms with E-state index in [9.17, 15) is 9.59 Å². The summed E-state index contributed by atoms with van der Waals surface area (Å²) >= 11 is 0. The number of carbonyl (C=O) groups excluding carboxylic acids is 2. The molecule has 1 N–H and O–H groups in total. The molecule has 4 aromatic rings. The molecule has 29 heavy (non-hydrogen) atoms. The van der Waals surface area contributed by atoms with Gasteiger partial charge in [-0.2, -0.15) is 0 Å². The highest BCUT2D eigenvalue weighted by molar-refractivity contribution is 6.50. The van der Waals surface area contributed by atoms with Crippen LogP contribution in [0.1, 0.15) is 23.1 Å². The lowest BCUT2D eigenvalue weighted by Crippen LogP contribution is -2.22. The van der Waals surface area contributed by atoms with Gasteiger partial charge in [-0.05, 0) is 24.5 Å². The summed E-state index contributed by atoms with van der Waals surface area (Å²) in [5.74, 6) is -0.644. The topological polar surface area (TPSA) is 56.0 Å². The number of benzene rings is 2. The first kappa shape index (κ1) is 16.4. The van der Waals surface area contributed by atoms with Crippen LogP contribution < -0.4 is 5.32 Å². The van der Waals surface area contributed by atoms with Gasteiger partial charge in [0.1, 0.15) is 0 Å². The summed E-state index contributed by atoms with van der Waals surface area (Å²) in [6.07, 6.45) is 6.12. The molecule has 0 radical (unpaired) electrons. The molecule has 0 aliphatic carbocycles. The Balaban J connectivity index is 1.70. The van der Waals surface area contributed by atoms with E-state index < -0.39 is 0 Å². The number of amides is 2. The summed E-state index contributed by atoms with van der Waals surface area (Å²) in [6, 6.07) is 14.2. The smallest absolute Gasteiger partial charge is 0.259 e. The van der Waals surface area contributed by atoms with Crippen LogP contribution in [0.5, 0.6) is 0 Å². The predicted octanol–water partition coefficient (Wildman–Crippen LogP) is 3.65. The van der Waals surface area contributed by atoms with Crippen molar-refractivity contribution in [1.82, 2.24) is 14.5 Å². The second-order valence-corrected chi connectivity index (χ2v) is 7.86. The fourth-order valence-electron chi connectivity index (χ4n) is 4.96. The monoisotopic (exact) mass is 381 g/mol. The van der Waals surface area contributed by atoms with E-state index in [1.807, 2.05) is 54.3 Å². The van der Waals surface area contributed by atoms with Crippen LogP contribution in [0.15, 0.2) is 54.9 Å². The largest absolute Gasteiger partial charge is 0.350 e. The third kappa shape index (κ3) is 2.15. The van der Waals surface area contributed by atoms with Crippen LogP contribution in [0.2, 0.25) is 0 Å². The van der Waals surface area contributed by atoms with Gasteiger partial charge in [0.25, 0.3) is 11.8 Å². The Morgan fingerprint density at radius 2 is 1.59 bits per heavy atom. The van der Waals surface area contributed by atoms with Crippen molar-refractivity contribution < 1.29 is 9.59 Å². The van der Waals surface area contributed by atoms with Crippen molar-refractivity contribution in [2.45, 2.75) is 19.4 Å². The number of fused-ring (bicyclic) bond motifs is 1. The Bertz CT molecular complexity index is 1400. The standard InChI is InChI=1S/C24H19N3O2/c1-26-12-17(15-8-2-3-10-19(15)26)20-21(24(29)25-23(20)28)18-13-27-11-5-7-14-6-4-9-16(18)22(14)27/h2-4,6,8-10,12-13H,5,7,11H2,1H3,(H,25,28,29). The Hall–Kier alpha value is -3.60. The lowest BCUT2D eigenvalue weighted by molar-refractivity contribution is -0.122. The minimum absolute atomic E-state index is 0.318. The zero-order chi connectivity index (χ0) is 19.7. The quantitative estimate of drug-likeness (QED) is 0.539. The normalized spacial score (nSPS) is 16.3. The van der Waals surface area contributed by atoms with Gasteiger partial charge in [-0.3, -0.25) is 14.9 Å². The molecule has 2 aromatic carbocycles. The van der Waals surface area contributed by atoms with Gasteiger partial charge in [-0.15, -0.1) is 0 Å². The van der Waals surface area contributed by atoms with Gasteiger partial charge in [0.05, 0.1) is 16.7 Å². The number of aromatic nitrogens is 2. The number of hydrogen-bond donors (Lipinski definition) is 1. The van der Waals surface area contributed by atoms with Crippen molar-refractivity contribution in [3.05, 3.63) is 71.5 Å². The molecule has 2 aliphatic rings. The van der Waals surface area contributed by atoms with Gasteiger partial charge >= 0.3 is 0 Å². The summed E-state index contributed by atoms with van der Waals surface area (Å²) in [6.45, 7) is 0.931. The lowest BCUT2D eigenvalue weighted by atomic mass is 9.94. The first-order valence-electron chi connectivity index (χ1n) is 9.89. The minimum atomic E-state index is -0.326. The molecule has 5 nitrogen and oxygen atoms in total. The third-order valence-corrected chi connectivity index (χ3v) is 6.19. The summed E-state index contributed by atoms with van der Waals surface area (Å²) < 4.78 is 4.23. The highest BCUT2D eigenvalue weighted by atomic mass is 16.2. The zero-order valence-electron chi connectivity index (χ0n) is 16.0. The number of carbonyl (C=O) groups is 2. The summed E-state index contributed by atoms with van der Waals surface area (Å²) in [5.41, 5.74) is 6.11. The number of aryl methyl sites for hydroxylation is 3. The number of nitrogens with zero attached hydrogens (tertiary/aromatic N) is 2. The Morgan fingerprint density at radius 1 is 0.862 bits per heavy atom. The van der Waals surface area contributed by atoms with Gasteiger partial charge in [0.2, 0.25) is 0 Å². The molecule has 0 spiro atoms. The van der Waals surface area contributed by atoms with E-state index in [1.165, 1.54) is 11.1 Å². The zero-order valence-corrected chi connectivity index (χ0v) is 16.0. The second kappa shape index (κ2) is 5.70. The molecule has 0 saturated carbocycles. The third-order valence-electron chi connectivity index (χ3n) is 6.19. The van der Waals surface area contributed by atoms with E-state index in [-0.39, 0.29) is 11.8 Å². The molecule has 2 aliphatic heterocycles. The fourth-order valence-corrected chi connectivity index (χ4v) is 4.96. The average Bonchev–Trinajstić information content (AvgIpc) is 3.35. The van der Waals surface area contributed by atoms with Gasteiger partial charge in [0.15, 0.2) is 0 Å². The van der Waals surface area contributed by atoms with Crippen molar-refractivity contribution in [2.75, 3.05) is 0 Å². The average molecular weight is 381 g/mol. The number of para-hydroxylation sites is 2. The molecule has 0 bridgehead atoms.